The van der Waals surface area contributed by atoms with Gasteiger partial charge in [-0.1, -0.05) is 19.3 Å². The molecule has 0 unspecified atom stereocenters. The average Bonchev–Trinajstić information content (AvgIpc) is 3.19. The van der Waals surface area contributed by atoms with E-state index in [0.29, 0.717) is 18.8 Å². The summed E-state index contributed by atoms with van der Waals surface area (Å²) in [5, 5.41) is 13.1. The third-order valence-electron chi connectivity index (χ3n) is 5.24. The minimum Gasteiger partial charge on any atom is -0.459 e. The quantitative estimate of drug-likeness (QED) is 0.710. The molecule has 1 aromatic heterocycles. The van der Waals surface area contributed by atoms with E-state index < -0.39 is 6.29 Å². The second kappa shape index (κ2) is 10.8. The lowest BCUT2D eigenvalue weighted by Gasteiger charge is -2.32. The molecule has 2 aliphatic heterocycles. The number of unbranched alkanes of at least 4 members (excludes halogenated alkanes) is 1. The summed E-state index contributed by atoms with van der Waals surface area (Å²) in [4.78, 5) is 15.1. The van der Waals surface area contributed by atoms with E-state index in [1.54, 1.807) is 11.3 Å². The molecule has 1 N–H and O–H groups in total. The van der Waals surface area contributed by atoms with Crippen molar-refractivity contribution >= 4 is 17.2 Å². The van der Waals surface area contributed by atoms with Crippen LogP contribution in [-0.4, -0.2) is 48.5 Å². The zero-order chi connectivity index (χ0) is 18.9. The summed E-state index contributed by atoms with van der Waals surface area (Å²) < 4.78 is 11.9. The molecule has 2 aliphatic rings. The summed E-state index contributed by atoms with van der Waals surface area (Å²) in [5.41, 5.74) is 1.21. The first-order valence-electron chi connectivity index (χ1n) is 10.2. The maximum atomic E-state index is 13.1. The number of allylic oxidation sites excluding steroid dienone is 1. The number of aliphatic hydroxyl groups excluding tert-OH is 1. The van der Waals surface area contributed by atoms with Crippen LogP contribution in [0.3, 0.4) is 0 Å². The van der Waals surface area contributed by atoms with Crippen LogP contribution >= 0.6 is 11.3 Å². The highest BCUT2D eigenvalue weighted by Crippen LogP contribution is 2.33. The van der Waals surface area contributed by atoms with Gasteiger partial charge >= 0.3 is 0 Å². The van der Waals surface area contributed by atoms with E-state index in [1.165, 1.54) is 24.8 Å². The van der Waals surface area contributed by atoms with Gasteiger partial charge in [0.2, 0.25) is 6.29 Å². The molecule has 0 aliphatic carbocycles. The minimum atomic E-state index is -0.410. The van der Waals surface area contributed by atoms with E-state index in [-0.39, 0.29) is 18.4 Å². The average molecular weight is 394 g/mol. The van der Waals surface area contributed by atoms with Crippen LogP contribution < -0.4 is 0 Å². The highest BCUT2D eigenvalue weighted by atomic mass is 32.1. The number of aliphatic hydroxyl groups is 1. The van der Waals surface area contributed by atoms with Crippen molar-refractivity contribution in [3.05, 3.63) is 34.2 Å². The van der Waals surface area contributed by atoms with Gasteiger partial charge in [-0.3, -0.25) is 4.79 Å². The van der Waals surface area contributed by atoms with Crippen LogP contribution in [0.25, 0.3) is 0 Å². The summed E-state index contributed by atoms with van der Waals surface area (Å²) >= 11 is 1.67. The predicted molar refractivity (Wildman–Crippen MR) is 107 cm³/mol. The molecule has 2 atom stereocenters. The summed E-state index contributed by atoms with van der Waals surface area (Å²) in [6, 6.07) is 2.11. The largest absolute Gasteiger partial charge is 0.459 e. The number of carbonyl (C=O) groups is 1. The van der Waals surface area contributed by atoms with Crippen LogP contribution in [0.2, 0.25) is 0 Å². The van der Waals surface area contributed by atoms with E-state index in [9.17, 15) is 4.79 Å². The van der Waals surface area contributed by atoms with Crippen LogP contribution in [-0.2, 0) is 14.3 Å². The smallest absolute Gasteiger partial charge is 0.288 e. The first kappa shape index (κ1) is 20.4. The highest BCUT2D eigenvalue weighted by molar-refractivity contribution is 7.08. The first-order chi connectivity index (χ1) is 13.3. The van der Waals surface area contributed by atoms with Gasteiger partial charge in [-0.15, -0.1) is 0 Å². The van der Waals surface area contributed by atoms with Crippen molar-refractivity contribution in [1.29, 1.82) is 0 Å². The Labute approximate surface area is 166 Å². The Morgan fingerprint density at radius 3 is 2.70 bits per heavy atom. The molecule has 0 spiro atoms. The van der Waals surface area contributed by atoms with Crippen molar-refractivity contribution in [1.82, 2.24) is 4.90 Å². The Morgan fingerprint density at radius 1 is 1.22 bits per heavy atom. The Balaban J connectivity index is 1.68. The van der Waals surface area contributed by atoms with Crippen molar-refractivity contribution < 1.29 is 19.4 Å². The van der Waals surface area contributed by atoms with Gasteiger partial charge < -0.3 is 19.5 Å². The number of nitrogens with zero attached hydrogens (tertiary/aromatic N) is 1. The molecule has 150 valence electrons. The van der Waals surface area contributed by atoms with Gasteiger partial charge in [0.05, 0.1) is 6.61 Å². The van der Waals surface area contributed by atoms with Crippen molar-refractivity contribution in [2.45, 2.75) is 63.6 Å². The molecular formula is C21H31NO4S. The number of carbonyl (C=O) groups excluding carboxylic acids is 1. The standard InChI is InChI=1S/C21H31NO4S/c23-11-6-7-12-25-20-15-18(17-8-13-27-16-17)14-19(26-20)21(24)22-9-4-2-1-3-5-10-22/h8,13-14,16,18,20,23H,1-7,9-12,15H2/t18-,20+/m0/s1. The molecule has 3 heterocycles. The Morgan fingerprint density at radius 2 is 2.00 bits per heavy atom. The predicted octanol–water partition coefficient (Wildman–Crippen LogP) is 4.04. The van der Waals surface area contributed by atoms with Crippen LogP contribution in [0.1, 0.15) is 62.8 Å². The lowest BCUT2D eigenvalue weighted by molar-refractivity contribution is -0.153. The second-order valence-electron chi connectivity index (χ2n) is 7.34. The summed E-state index contributed by atoms with van der Waals surface area (Å²) in [5.74, 6) is 0.576. The zero-order valence-corrected chi connectivity index (χ0v) is 16.8. The molecule has 1 amide bonds. The number of thiophene rings is 1. The fourth-order valence-electron chi connectivity index (χ4n) is 3.66. The number of ether oxygens (including phenoxy) is 2. The van der Waals surface area contributed by atoms with Gasteiger partial charge in [0, 0.05) is 32.0 Å². The van der Waals surface area contributed by atoms with E-state index in [1.807, 2.05) is 11.0 Å². The number of likely N-dealkylation sites (tertiary alicyclic amines) is 1. The fourth-order valence-corrected chi connectivity index (χ4v) is 4.39. The lowest BCUT2D eigenvalue weighted by atomic mass is 9.95. The maximum Gasteiger partial charge on any atom is 0.288 e. The van der Waals surface area contributed by atoms with Crippen LogP contribution in [0, 0.1) is 0 Å². The maximum absolute atomic E-state index is 13.1. The third kappa shape index (κ3) is 6.06. The van der Waals surface area contributed by atoms with Gasteiger partial charge in [-0.25, -0.2) is 0 Å². The van der Waals surface area contributed by atoms with Gasteiger partial charge in [0.15, 0.2) is 5.76 Å². The molecule has 0 aromatic carbocycles. The molecule has 1 fully saturated rings. The minimum absolute atomic E-state index is 0.000729. The molecule has 1 aromatic rings. The molecule has 6 heteroatoms. The van der Waals surface area contributed by atoms with Gasteiger partial charge in [-0.2, -0.15) is 11.3 Å². The third-order valence-corrected chi connectivity index (χ3v) is 5.94. The Kier molecular flexibility index (Phi) is 8.17. The van der Waals surface area contributed by atoms with Crippen molar-refractivity contribution in [2.75, 3.05) is 26.3 Å². The zero-order valence-electron chi connectivity index (χ0n) is 16.0. The molecule has 0 radical (unpaired) electrons. The first-order valence-corrected chi connectivity index (χ1v) is 11.1. The summed E-state index contributed by atoms with van der Waals surface area (Å²) in [6.45, 7) is 2.33. The SMILES string of the molecule is O=C(C1=C[C@H](c2ccsc2)C[C@H](OCCCCO)O1)N1CCCCCCC1. The number of rotatable bonds is 7. The molecule has 5 nitrogen and oxygen atoms in total. The van der Waals surface area contributed by atoms with Crippen LogP contribution in [0.4, 0.5) is 0 Å². The van der Waals surface area contributed by atoms with Crippen molar-refractivity contribution in [3.63, 3.8) is 0 Å². The number of hydrogen-bond acceptors (Lipinski definition) is 5. The van der Waals surface area contributed by atoms with Gasteiger partial charge in [0.25, 0.3) is 5.91 Å². The number of hydrogen-bond donors (Lipinski definition) is 1. The van der Waals surface area contributed by atoms with E-state index in [2.05, 4.69) is 16.8 Å². The Hall–Kier alpha value is -1.37. The fraction of sp³-hybridized carbons (Fsp3) is 0.667. The summed E-state index contributed by atoms with van der Waals surface area (Å²) in [7, 11) is 0. The summed E-state index contributed by atoms with van der Waals surface area (Å²) in [6.07, 6.45) is 9.58. The number of amides is 1. The molecule has 0 bridgehead atoms. The van der Waals surface area contributed by atoms with Crippen molar-refractivity contribution in [2.24, 2.45) is 0 Å². The van der Waals surface area contributed by atoms with E-state index in [4.69, 9.17) is 14.6 Å². The van der Waals surface area contributed by atoms with E-state index in [0.717, 1.165) is 38.8 Å². The Bertz CT molecular complexity index is 593. The highest BCUT2D eigenvalue weighted by Gasteiger charge is 2.31. The van der Waals surface area contributed by atoms with Gasteiger partial charge in [0.1, 0.15) is 0 Å². The van der Waals surface area contributed by atoms with E-state index >= 15 is 0 Å². The van der Waals surface area contributed by atoms with Crippen molar-refractivity contribution in [3.8, 4) is 0 Å². The molecule has 3 rings (SSSR count). The molecular weight excluding hydrogens is 362 g/mol. The van der Waals surface area contributed by atoms with Crippen LogP contribution in [0.5, 0.6) is 0 Å². The molecule has 1 saturated heterocycles. The normalized spacial score (nSPS) is 23.9. The lowest BCUT2D eigenvalue weighted by Crippen LogP contribution is -2.38. The molecule has 27 heavy (non-hydrogen) atoms. The molecule has 0 saturated carbocycles. The van der Waals surface area contributed by atoms with Gasteiger partial charge in [-0.05, 0) is 54.1 Å². The topological polar surface area (TPSA) is 59.0 Å². The van der Waals surface area contributed by atoms with Crippen LogP contribution in [0.15, 0.2) is 28.7 Å². The second-order valence-corrected chi connectivity index (χ2v) is 8.12. The monoisotopic (exact) mass is 393 g/mol.